The molecule has 0 aliphatic heterocycles. The van der Waals surface area contributed by atoms with Gasteiger partial charge >= 0.3 is 6.18 Å². The zero-order valence-electron chi connectivity index (χ0n) is 14.1. The van der Waals surface area contributed by atoms with Crippen molar-refractivity contribution < 1.29 is 22.5 Å². The first kappa shape index (κ1) is 19.1. The van der Waals surface area contributed by atoms with Gasteiger partial charge in [-0.2, -0.15) is 13.2 Å². The van der Waals surface area contributed by atoms with Crippen LogP contribution in [0.15, 0.2) is 89.7 Å². The number of halogens is 3. The van der Waals surface area contributed by atoms with Crippen LogP contribution in [0, 0.1) is 0 Å². The Balaban J connectivity index is 1.87. The van der Waals surface area contributed by atoms with E-state index in [4.69, 9.17) is 4.74 Å². The minimum absolute atomic E-state index is 0.305. The molecule has 3 aromatic carbocycles. The molecule has 0 N–H and O–H groups in total. The molecule has 0 aliphatic rings. The number of hydrogen-bond donors (Lipinski definition) is 0. The first-order valence-corrected chi connectivity index (χ1v) is 9.17. The summed E-state index contributed by atoms with van der Waals surface area (Å²) in [5.41, 5.74) is 0.879. The normalized spacial score (nSPS) is 12.4. The van der Waals surface area contributed by atoms with E-state index in [9.17, 15) is 17.7 Å². The van der Waals surface area contributed by atoms with Gasteiger partial charge in [-0.3, -0.25) is 0 Å². The summed E-state index contributed by atoms with van der Waals surface area (Å²) < 4.78 is 55.6. The lowest BCUT2D eigenvalue weighted by Crippen LogP contribution is -2.04. The molecule has 0 radical (unpaired) electrons. The van der Waals surface area contributed by atoms with Crippen LogP contribution in [0.1, 0.15) is 5.56 Å². The molecule has 0 bridgehead atoms. The molecule has 6 heteroatoms. The first-order chi connectivity index (χ1) is 12.9. The number of ether oxygens (including phenoxy) is 1. The molecule has 0 saturated carbocycles. The van der Waals surface area contributed by atoms with Crippen LogP contribution in [0.3, 0.4) is 0 Å². The molecule has 0 heterocycles. The van der Waals surface area contributed by atoms with Crippen LogP contribution in [-0.2, 0) is 17.4 Å². The van der Waals surface area contributed by atoms with E-state index in [2.05, 4.69) is 6.58 Å². The summed E-state index contributed by atoms with van der Waals surface area (Å²) in [6, 6.07) is 18.8. The molecule has 1 unspecified atom stereocenters. The van der Waals surface area contributed by atoms with Crippen molar-refractivity contribution >= 4 is 11.2 Å². The smallest absolute Gasteiger partial charge is 0.416 e. The third-order valence-corrected chi connectivity index (χ3v) is 4.89. The largest absolute Gasteiger partial charge is 0.607 e. The predicted octanol–water partition coefficient (Wildman–Crippen LogP) is 6.42. The maximum absolute atomic E-state index is 12.7. The van der Waals surface area contributed by atoms with Crippen molar-refractivity contribution in [1.82, 2.24) is 0 Å². The highest BCUT2D eigenvalue weighted by molar-refractivity contribution is 7.94. The minimum Gasteiger partial charge on any atom is -0.607 e. The van der Waals surface area contributed by atoms with Gasteiger partial charge in [-0.25, -0.2) is 0 Å². The Kier molecular flexibility index (Phi) is 5.58. The van der Waals surface area contributed by atoms with Gasteiger partial charge in [0.15, 0.2) is 4.90 Å². The molecule has 1 atom stereocenters. The summed E-state index contributed by atoms with van der Waals surface area (Å²) in [6.45, 7) is 3.51. The van der Waals surface area contributed by atoms with E-state index in [0.29, 0.717) is 16.4 Å². The highest BCUT2D eigenvalue weighted by atomic mass is 32.2. The SMILES string of the molecule is C=C[S+]([O-])c1ccc(-c2ccccc2Oc2ccc(C(F)(F)F)cc2)cc1. The molecule has 0 aromatic heterocycles. The lowest BCUT2D eigenvalue weighted by Gasteiger charge is -2.13. The maximum atomic E-state index is 12.7. The average molecular weight is 388 g/mol. The molecule has 0 spiro atoms. The third-order valence-electron chi connectivity index (χ3n) is 3.85. The second-order valence-corrected chi connectivity index (χ2v) is 7.01. The zero-order valence-corrected chi connectivity index (χ0v) is 14.9. The fourth-order valence-corrected chi connectivity index (χ4v) is 3.09. The average Bonchev–Trinajstić information content (AvgIpc) is 2.68. The Morgan fingerprint density at radius 2 is 1.52 bits per heavy atom. The third kappa shape index (κ3) is 4.53. The molecule has 138 valence electrons. The molecule has 0 amide bonds. The molecule has 0 saturated heterocycles. The number of para-hydroxylation sites is 1. The summed E-state index contributed by atoms with van der Waals surface area (Å²) in [7, 11) is 0. The van der Waals surface area contributed by atoms with Gasteiger partial charge in [0.2, 0.25) is 0 Å². The summed E-state index contributed by atoms with van der Waals surface area (Å²) in [5, 5.41) is 1.36. The van der Waals surface area contributed by atoms with E-state index in [1.165, 1.54) is 17.5 Å². The second kappa shape index (κ2) is 7.90. The van der Waals surface area contributed by atoms with Gasteiger partial charge < -0.3 is 9.29 Å². The van der Waals surface area contributed by atoms with Crippen molar-refractivity contribution in [3.8, 4) is 22.6 Å². The first-order valence-electron chi connectivity index (χ1n) is 7.96. The van der Waals surface area contributed by atoms with Gasteiger partial charge in [0.25, 0.3) is 0 Å². The Morgan fingerprint density at radius 3 is 2.11 bits per heavy atom. The van der Waals surface area contributed by atoms with Crippen LogP contribution in [0.5, 0.6) is 11.5 Å². The molecule has 27 heavy (non-hydrogen) atoms. The summed E-state index contributed by atoms with van der Waals surface area (Å²) >= 11 is -1.26. The van der Waals surface area contributed by atoms with E-state index >= 15 is 0 Å². The van der Waals surface area contributed by atoms with E-state index < -0.39 is 22.9 Å². The standard InChI is InChI=1S/C21H15F3O2S/c1-2-27(25)18-13-7-15(8-14-18)19-5-3-4-6-20(19)26-17-11-9-16(10-12-17)21(22,23)24/h2-14H,1H2. The van der Waals surface area contributed by atoms with Crippen molar-refractivity contribution in [3.05, 3.63) is 90.3 Å². The van der Waals surface area contributed by atoms with E-state index in [1.807, 2.05) is 24.3 Å². The summed E-state index contributed by atoms with van der Waals surface area (Å²) in [5.74, 6) is 0.815. The second-order valence-electron chi connectivity index (χ2n) is 5.61. The highest BCUT2D eigenvalue weighted by Crippen LogP contribution is 2.35. The molecule has 2 nitrogen and oxygen atoms in total. The van der Waals surface area contributed by atoms with Gasteiger partial charge in [-0.15, -0.1) is 0 Å². The van der Waals surface area contributed by atoms with Crippen LogP contribution in [0.2, 0.25) is 0 Å². The summed E-state index contributed by atoms with van der Waals surface area (Å²) in [4.78, 5) is 0.634. The van der Waals surface area contributed by atoms with Gasteiger partial charge in [0.1, 0.15) is 16.9 Å². The number of alkyl halides is 3. The van der Waals surface area contributed by atoms with E-state index in [0.717, 1.165) is 23.3 Å². The molecular formula is C21H15F3O2S. The van der Waals surface area contributed by atoms with Crippen LogP contribution in [0.4, 0.5) is 13.2 Å². The highest BCUT2D eigenvalue weighted by Gasteiger charge is 2.30. The topological polar surface area (TPSA) is 32.3 Å². The van der Waals surface area contributed by atoms with Gasteiger partial charge in [-0.1, -0.05) is 24.8 Å². The monoisotopic (exact) mass is 388 g/mol. The zero-order chi connectivity index (χ0) is 19.4. The van der Waals surface area contributed by atoms with Crippen molar-refractivity contribution in [2.75, 3.05) is 0 Å². The molecule has 3 aromatic rings. The Labute approximate surface area is 158 Å². The molecule has 0 aliphatic carbocycles. The lowest BCUT2D eigenvalue weighted by atomic mass is 10.0. The van der Waals surface area contributed by atoms with Gasteiger partial charge in [0.05, 0.1) is 5.56 Å². The van der Waals surface area contributed by atoms with Crippen LogP contribution < -0.4 is 4.74 Å². The van der Waals surface area contributed by atoms with E-state index in [-0.39, 0.29) is 0 Å². The van der Waals surface area contributed by atoms with Crippen LogP contribution in [-0.4, -0.2) is 4.55 Å². The molecule has 3 rings (SSSR count). The minimum atomic E-state index is -4.39. The molecular weight excluding hydrogens is 373 g/mol. The van der Waals surface area contributed by atoms with E-state index in [1.54, 1.807) is 24.3 Å². The van der Waals surface area contributed by atoms with Gasteiger partial charge in [0, 0.05) is 16.7 Å². The summed E-state index contributed by atoms with van der Waals surface area (Å²) in [6.07, 6.45) is -4.39. The van der Waals surface area contributed by atoms with Crippen LogP contribution >= 0.6 is 0 Å². The lowest BCUT2D eigenvalue weighted by molar-refractivity contribution is -0.137. The molecule has 0 fully saturated rings. The fourth-order valence-electron chi connectivity index (χ4n) is 2.50. The Hall–Kier alpha value is -2.70. The van der Waals surface area contributed by atoms with Crippen molar-refractivity contribution in [2.24, 2.45) is 0 Å². The number of benzene rings is 3. The van der Waals surface area contributed by atoms with Gasteiger partial charge in [-0.05, 0) is 60.2 Å². The Morgan fingerprint density at radius 1 is 0.889 bits per heavy atom. The number of hydrogen-bond acceptors (Lipinski definition) is 2. The predicted molar refractivity (Wildman–Crippen MR) is 100 cm³/mol. The van der Waals surface area contributed by atoms with Crippen LogP contribution in [0.25, 0.3) is 11.1 Å². The fraction of sp³-hybridized carbons (Fsp3) is 0.0476. The Bertz CT molecular complexity index is 919. The van der Waals surface area contributed by atoms with Crippen molar-refractivity contribution in [2.45, 2.75) is 11.1 Å². The maximum Gasteiger partial charge on any atom is 0.416 e. The quantitative estimate of drug-likeness (QED) is 0.473. The number of rotatable bonds is 5. The van der Waals surface area contributed by atoms with Crippen molar-refractivity contribution in [3.63, 3.8) is 0 Å². The van der Waals surface area contributed by atoms with Crippen molar-refractivity contribution in [1.29, 1.82) is 0 Å².